The lowest BCUT2D eigenvalue weighted by Crippen LogP contribution is -2.17. The number of rotatable bonds is 0. The van der Waals surface area contributed by atoms with Crippen LogP contribution in [-0.4, -0.2) is 63.4 Å². The Bertz CT molecular complexity index is 381. The molecule has 1 N–H and O–H groups in total. The summed E-state index contributed by atoms with van der Waals surface area (Å²) in [4.78, 5) is 37.7. The number of carboxylic acids is 1. The lowest BCUT2D eigenvalue weighted by atomic mass is 10.6. The van der Waals surface area contributed by atoms with Crippen LogP contribution in [0.2, 0.25) is 0 Å². The van der Waals surface area contributed by atoms with E-state index in [0.29, 0.717) is 0 Å². The molecular weight excluding hydrogens is 1040 g/mol. The van der Waals surface area contributed by atoms with Crippen molar-refractivity contribution in [1.29, 1.82) is 0 Å². The van der Waals surface area contributed by atoms with Gasteiger partial charge in [-0.25, -0.2) is 19.7 Å². The van der Waals surface area contributed by atoms with E-state index < -0.39 is 5.97 Å². The lowest BCUT2D eigenvalue weighted by molar-refractivity contribution is -0.134. The van der Waals surface area contributed by atoms with Crippen molar-refractivity contribution < 1.29 is 19.5 Å². The van der Waals surface area contributed by atoms with Crippen molar-refractivity contribution >= 4 is 18.2 Å². The third-order valence-electron chi connectivity index (χ3n) is 0.630. The fourth-order valence-electron chi connectivity index (χ4n) is 0. The first-order valence-corrected chi connectivity index (χ1v) is 30.8. The Balaban J connectivity index is -0.00000000563. The van der Waals surface area contributed by atoms with Crippen LogP contribution in [0.5, 0.6) is 0 Å². The van der Waals surface area contributed by atoms with E-state index in [-0.39, 0.29) is 95.0 Å². The van der Waals surface area contributed by atoms with Gasteiger partial charge in [0.2, 0.25) is 27.1 Å². The fraction of sp³-hybridized carbons (Fsp3) is 0.922. The number of aliphatic carboxylic acids is 1. The number of amides is 1. The van der Waals surface area contributed by atoms with Gasteiger partial charge in [0, 0.05) is 27.9 Å². The van der Waals surface area contributed by atoms with Crippen molar-refractivity contribution in [3.63, 3.8) is 0 Å². The van der Waals surface area contributed by atoms with Gasteiger partial charge in [-0.3, -0.25) is 9.59 Å². The van der Waals surface area contributed by atoms with Crippen LogP contribution in [0.25, 0.3) is 14.5 Å². The summed E-state index contributed by atoms with van der Waals surface area (Å²) < 4.78 is 0. The minimum Gasteiger partial charge on any atom is -0.481 e. The molecule has 0 unspecified atom stereocenters. The van der Waals surface area contributed by atoms with Crippen LogP contribution in [-0.2, 0) is 14.4 Å². The van der Waals surface area contributed by atoms with E-state index in [9.17, 15) is 4.79 Å². The predicted octanol–water partition coefficient (Wildman–Crippen LogP) is 35.4. The molecule has 8 nitrogen and oxygen atoms in total. The van der Waals surface area contributed by atoms with Crippen LogP contribution in [0.1, 0.15) is 461 Å². The Labute approximate surface area is 571 Å². The first-order valence-electron chi connectivity index (χ1n) is 30.8. The highest BCUT2D eigenvalue weighted by Crippen LogP contribution is 1.69. The van der Waals surface area contributed by atoms with Gasteiger partial charge in [-0.2, -0.15) is 0 Å². The standard InChI is InChI=1S/C4H9NO.3C3H8.3C2H3N.C2H4O2.C2H4O.21C2H6.12CH4/c1-4(6)5(2)3;6*1-3-2;1-2(3)4;1-2-3;21*1-2;;;;;;;;;;;;/h1-3H3;3*3H2,1-2H3;3*1H3;1H3,(H,3,4);2H,1H3;21*1-2H3;12*1H4. The molecule has 0 aromatic rings. The minimum absolute atomic E-state index is 0. The first kappa shape index (κ1) is 336. The Hall–Kier alpha value is -2.92. The van der Waals surface area contributed by atoms with E-state index in [1.54, 1.807) is 14.1 Å². The number of nitrogens with zero attached hydrogens (tertiary/aromatic N) is 4. The smallest absolute Gasteiger partial charge is 0.300 e. The second-order valence-electron chi connectivity index (χ2n) is 4.96. The Morgan fingerprint density at radius 3 is 0.318 bits per heavy atom. The van der Waals surface area contributed by atoms with E-state index in [2.05, 4.69) is 56.1 Å². The van der Waals surface area contributed by atoms with Crippen molar-refractivity contribution in [2.75, 3.05) is 35.2 Å². The number of aldehydes is 1. The Morgan fingerprint density at radius 1 is 0.306 bits per heavy atom. The van der Waals surface area contributed by atoms with E-state index in [1.165, 1.54) is 59.2 Å². The summed E-state index contributed by atoms with van der Waals surface area (Å²) in [6, 6.07) is 0. The SMILES string of the molecule is C.C.C.C.C.C.C.C.C.C.C.C.CC.CC.CC.CC.CC.CC.CC.CC.CC.CC.CC.CC.CC.CC.CC.CC.CC.CC.CC.CC.CC.CC(=O)N(C)C.CC(=O)O.CC=O.CCC.CCC.CCC.[C-]#[N+]C.[C-]#[N+]C.[C-]#[N+]C. The highest BCUT2D eigenvalue weighted by Gasteiger charge is 1.87. The molecule has 0 aliphatic heterocycles. The van der Waals surface area contributed by atoms with E-state index in [0.717, 1.165) is 13.2 Å². The zero-order chi connectivity index (χ0) is 69.7. The molecule has 0 atom stereocenters. The molecule has 0 aromatic carbocycles. The molecule has 0 rings (SSSR count). The van der Waals surface area contributed by atoms with Crippen molar-refractivity contribution in [1.82, 2.24) is 4.90 Å². The van der Waals surface area contributed by atoms with E-state index >= 15 is 0 Å². The van der Waals surface area contributed by atoms with Crippen molar-refractivity contribution in [3.8, 4) is 0 Å². The topological polar surface area (TPSA) is 87.8 Å². The Kier molecular flexibility index (Phi) is 12000. The molecule has 0 spiro atoms. The van der Waals surface area contributed by atoms with E-state index in [4.69, 9.17) is 34.4 Å². The zero-order valence-electron chi connectivity index (χ0n) is 64.7. The van der Waals surface area contributed by atoms with Crippen LogP contribution in [0, 0.1) is 19.7 Å². The summed E-state index contributed by atoms with van der Waals surface area (Å²) in [6.45, 7) is 118. The molecule has 0 saturated heterocycles. The van der Waals surface area contributed by atoms with Gasteiger partial charge in [0.25, 0.3) is 5.97 Å². The van der Waals surface area contributed by atoms with E-state index in [1.807, 2.05) is 291 Å². The quantitative estimate of drug-likeness (QED) is 0.193. The number of hydrogen-bond donors (Lipinski definition) is 1. The molecule has 0 fully saturated rings. The maximum absolute atomic E-state index is 10.1. The van der Waals surface area contributed by atoms with Crippen LogP contribution < -0.4 is 0 Å². The predicted molar refractivity (Wildman–Crippen MR) is 454 cm³/mol. The second-order valence-corrected chi connectivity index (χ2v) is 4.96. The molecule has 0 saturated carbocycles. The molecule has 0 aliphatic rings. The molecule has 0 aromatic heterocycles. The summed E-state index contributed by atoms with van der Waals surface area (Å²) in [5.74, 6) is -0.741. The number of carboxylic acid groups (broad SMARTS) is 1. The number of carbonyl (C=O) groups is 3. The highest BCUT2D eigenvalue weighted by atomic mass is 16.4. The molecule has 85 heavy (non-hydrogen) atoms. The van der Waals surface area contributed by atoms with Crippen LogP contribution in [0.15, 0.2) is 0 Å². The highest BCUT2D eigenvalue weighted by molar-refractivity contribution is 5.72. The maximum Gasteiger partial charge on any atom is 0.300 e. The van der Waals surface area contributed by atoms with Gasteiger partial charge >= 0.3 is 0 Å². The monoisotopic (exact) mass is 1270 g/mol. The average molecular weight is 1270 g/mol. The third-order valence-corrected chi connectivity index (χ3v) is 0.630. The molecule has 0 aliphatic carbocycles. The lowest BCUT2D eigenvalue weighted by Gasteiger charge is -2.02. The summed E-state index contributed by atoms with van der Waals surface area (Å²) in [7, 11) is 7.70. The largest absolute Gasteiger partial charge is 0.481 e. The summed E-state index contributed by atoms with van der Waals surface area (Å²) in [5.41, 5.74) is 0. The first-order chi connectivity index (χ1) is 35.3. The van der Waals surface area contributed by atoms with Gasteiger partial charge in [0.1, 0.15) is 6.29 Å². The average Bonchev–Trinajstić information content (AvgIpc) is 3.49. The van der Waals surface area contributed by atoms with Crippen LogP contribution in [0.3, 0.4) is 0 Å². The van der Waals surface area contributed by atoms with Gasteiger partial charge in [-0.15, -0.1) is 0 Å². The fourth-order valence-corrected chi connectivity index (χ4v) is 0. The number of hydrogen-bond acceptors (Lipinski definition) is 3. The number of carbonyl (C=O) groups excluding carboxylic acids is 2. The molecule has 0 bridgehead atoms. The van der Waals surface area contributed by atoms with Crippen molar-refractivity contribution in [2.24, 2.45) is 0 Å². The summed E-state index contributed by atoms with van der Waals surface area (Å²) >= 11 is 0. The van der Waals surface area contributed by atoms with Crippen LogP contribution in [0.4, 0.5) is 0 Å². The van der Waals surface area contributed by atoms with Gasteiger partial charge < -0.3 is 29.3 Å². The molecule has 0 heterocycles. The molecule has 0 radical (unpaired) electrons. The maximum atomic E-state index is 10.1. The minimum atomic E-state index is -0.833. The molecule has 1 amide bonds. The van der Waals surface area contributed by atoms with Crippen molar-refractivity contribution in [3.05, 3.63) is 34.3 Å². The summed E-state index contributed by atoms with van der Waals surface area (Å²) in [5, 5.41) is 7.42. The Morgan fingerprint density at radius 2 is 0.318 bits per heavy atom. The molecule has 576 valence electrons. The van der Waals surface area contributed by atoms with Gasteiger partial charge in [0.15, 0.2) is 0 Å². The van der Waals surface area contributed by atoms with Gasteiger partial charge in [-0.05, 0) is 6.92 Å². The van der Waals surface area contributed by atoms with Gasteiger partial charge in [0.05, 0.1) is 0 Å². The van der Waals surface area contributed by atoms with Gasteiger partial charge in [-0.1, -0.05) is 441 Å². The normalized spacial score (nSPS) is 3.40. The summed E-state index contributed by atoms with van der Waals surface area (Å²) in [6.07, 6.45) is 4.50. The molecule has 8 heteroatoms. The zero-order valence-corrected chi connectivity index (χ0v) is 64.7. The third kappa shape index (κ3) is 435000. The van der Waals surface area contributed by atoms with Crippen LogP contribution >= 0.6 is 0 Å². The second kappa shape index (κ2) is 3040. The molecular formula is C77H224N4O4. The van der Waals surface area contributed by atoms with Crippen molar-refractivity contribution in [2.45, 2.75) is 461 Å².